The second-order valence-corrected chi connectivity index (χ2v) is 17.9. The Balaban J connectivity index is 0.000000213. The summed E-state index contributed by atoms with van der Waals surface area (Å²) in [5.41, 5.74) is 2.39. The highest BCUT2D eigenvalue weighted by Crippen LogP contribution is 2.29. The van der Waals surface area contributed by atoms with Gasteiger partial charge in [-0.3, -0.25) is 19.2 Å². The van der Waals surface area contributed by atoms with Crippen molar-refractivity contribution in [3.8, 4) is 0 Å². The van der Waals surface area contributed by atoms with Crippen molar-refractivity contribution >= 4 is 47.0 Å². The van der Waals surface area contributed by atoms with Gasteiger partial charge in [-0.2, -0.15) is 0 Å². The number of nitrogens with one attached hydrogen (secondary N) is 4. The van der Waals surface area contributed by atoms with Gasteiger partial charge < -0.3 is 41.3 Å². The van der Waals surface area contributed by atoms with E-state index in [9.17, 15) is 24.3 Å². The number of anilines is 4. The molecule has 6 N–H and O–H groups in total. The van der Waals surface area contributed by atoms with E-state index >= 15 is 0 Å². The second-order valence-electron chi connectivity index (χ2n) is 17.9. The van der Waals surface area contributed by atoms with Crippen molar-refractivity contribution in [2.45, 2.75) is 135 Å². The fourth-order valence-corrected chi connectivity index (χ4v) is 9.49. The van der Waals surface area contributed by atoms with Crippen LogP contribution in [-0.2, 0) is 16.0 Å². The minimum absolute atomic E-state index is 0.0584. The Morgan fingerprint density at radius 2 is 1.05 bits per heavy atom. The molecular weight excluding hydrogens is 797 g/mol. The van der Waals surface area contributed by atoms with E-state index in [2.05, 4.69) is 50.1 Å². The summed E-state index contributed by atoms with van der Waals surface area (Å²) in [6.45, 7) is 6.59. The van der Waals surface area contributed by atoms with Crippen molar-refractivity contribution in [1.29, 1.82) is 0 Å². The van der Waals surface area contributed by atoms with Gasteiger partial charge >= 0.3 is 11.9 Å². The first-order valence-electron chi connectivity index (χ1n) is 23.7. The highest BCUT2D eigenvalue weighted by molar-refractivity contribution is 6.00. The number of hydrogen-bond donors (Lipinski definition) is 6. The Bertz CT molecular complexity index is 1940. The molecule has 7 rings (SSSR count). The van der Waals surface area contributed by atoms with Crippen molar-refractivity contribution in [2.24, 2.45) is 11.8 Å². The van der Waals surface area contributed by atoms with Crippen LogP contribution in [0.4, 0.5) is 23.3 Å². The number of hydrogen-bond acceptors (Lipinski definition) is 10. The third-order valence-electron chi connectivity index (χ3n) is 12.8. The normalized spacial score (nSPS) is 19.6. The third-order valence-corrected chi connectivity index (χ3v) is 12.8. The van der Waals surface area contributed by atoms with Crippen molar-refractivity contribution in [3.63, 3.8) is 0 Å². The second kappa shape index (κ2) is 24.4. The van der Waals surface area contributed by atoms with Gasteiger partial charge in [0.25, 0.3) is 11.8 Å². The highest BCUT2D eigenvalue weighted by Gasteiger charge is 2.27. The molecule has 2 aliphatic heterocycles. The third kappa shape index (κ3) is 14.8. The number of carbonyl (C=O) groups is 4. The van der Waals surface area contributed by atoms with E-state index in [1.807, 2.05) is 42.5 Å². The minimum Gasteiger partial charge on any atom is -0.481 e. The quantitative estimate of drug-likeness (QED) is 0.0766. The summed E-state index contributed by atoms with van der Waals surface area (Å²) in [5, 5.41) is 31.4. The average Bonchev–Trinajstić information content (AvgIpc) is 3.29. The smallest absolute Gasteiger partial charge is 0.303 e. The van der Waals surface area contributed by atoms with Crippen LogP contribution >= 0.6 is 0 Å². The number of piperidine rings is 2. The van der Waals surface area contributed by atoms with E-state index in [1.165, 1.54) is 31.2 Å². The lowest BCUT2D eigenvalue weighted by Gasteiger charge is -2.33. The summed E-state index contributed by atoms with van der Waals surface area (Å²) in [4.78, 5) is 62.3. The van der Waals surface area contributed by atoms with Crippen molar-refractivity contribution in [1.82, 2.24) is 20.6 Å². The molecule has 1 aromatic carbocycles. The van der Waals surface area contributed by atoms with Crippen molar-refractivity contribution in [2.75, 3.05) is 59.7 Å². The fourth-order valence-electron chi connectivity index (χ4n) is 9.49. The highest BCUT2D eigenvalue weighted by atomic mass is 16.4. The van der Waals surface area contributed by atoms with Gasteiger partial charge in [0.2, 0.25) is 0 Å². The molecule has 2 atom stereocenters. The Kier molecular flexibility index (Phi) is 18.3. The van der Waals surface area contributed by atoms with Crippen LogP contribution in [0.1, 0.15) is 142 Å². The van der Waals surface area contributed by atoms with Gasteiger partial charge in [-0.05, 0) is 106 Å². The molecule has 2 amide bonds. The van der Waals surface area contributed by atoms with Gasteiger partial charge in [0.15, 0.2) is 0 Å². The molecule has 0 bridgehead atoms. The standard InChI is InChI=1S/C27H36N4O3.C22H34N4O3/c32-25(33)18-21-10-7-17-31(19-21)24-14-13-23(27(34)29-22-11-5-2-6-12-22)26(30-24)28-16-15-20-8-3-1-4-9-20;1-2-12-23-21-18(22(29)24-17-8-4-3-5-9-17)10-11-19(25-21)26-13-6-7-16(15-26)14-20(27)28/h1,3-4,8-9,13-14,21-22H,2,5-7,10-12,15-19H2,(H,28,30)(H,29,34)(H,32,33);10-11,16-17H,2-9,12-15H2,1H3,(H,23,25)(H,24,29)(H,27,28)/t21-;16-/m00/s1. The summed E-state index contributed by atoms with van der Waals surface area (Å²) >= 11 is 0. The topological polar surface area (TPSA) is 189 Å². The minimum atomic E-state index is -0.752. The van der Waals surface area contributed by atoms with Crippen LogP contribution in [0, 0.1) is 11.8 Å². The Morgan fingerprint density at radius 3 is 1.49 bits per heavy atom. The molecule has 4 aliphatic rings. The molecule has 2 saturated heterocycles. The molecule has 3 aromatic rings. The summed E-state index contributed by atoms with van der Waals surface area (Å²) < 4.78 is 0. The molecule has 4 fully saturated rings. The molecule has 63 heavy (non-hydrogen) atoms. The molecule has 0 radical (unpaired) electrons. The van der Waals surface area contributed by atoms with E-state index in [-0.39, 0.29) is 48.6 Å². The maximum atomic E-state index is 13.2. The molecule has 342 valence electrons. The van der Waals surface area contributed by atoms with Gasteiger partial charge in [0.1, 0.15) is 23.3 Å². The predicted molar refractivity (Wildman–Crippen MR) is 249 cm³/mol. The number of aromatic nitrogens is 2. The predicted octanol–water partition coefficient (Wildman–Crippen LogP) is 8.15. The molecule has 2 saturated carbocycles. The zero-order valence-corrected chi connectivity index (χ0v) is 37.3. The Hall–Kier alpha value is -5.40. The zero-order chi connectivity index (χ0) is 44.4. The number of amides is 2. The largest absolute Gasteiger partial charge is 0.481 e. The maximum Gasteiger partial charge on any atom is 0.303 e. The first-order valence-corrected chi connectivity index (χ1v) is 23.7. The number of carboxylic acid groups (broad SMARTS) is 2. The summed E-state index contributed by atoms with van der Waals surface area (Å²) in [5.74, 6) is 1.47. The number of carbonyl (C=O) groups excluding carboxylic acids is 2. The lowest BCUT2D eigenvalue weighted by atomic mass is 9.95. The number of nitrogens with zero attached hydrogens (tertiary/aromatic N) is 4. The fraction of sp³-hybridized carbons (Fsp3) is 0.592. The molecule has 14 heteroatoms. The molecule has 4 heterocycles. The van der Waals surface area contributed by atoms with E-state index in [0.29, 0.717) is 42.4 Å². The van der Waals surface area contributed by atoms with Gasteiger partial charge in [-0.15, -0.1) is 0 Å². The van der Waals surface area contributed by atoms with Crippen LogP contribution in [0.2, 0.25) is 0 Å². The van der Waals surface area contributed by atoms with E-state index in [0.717, 1.165) is 108 Å². The van der Waals surface area contributed by atoms with Crippen molar-refractivity contribution in [3.05, 3.63) is 71.3 Å². The van der Waals surface area contributed by atoms with Gasteiger partial charge in [0, 0.05) is 64.2 Å². The van der Waals surface area contributed by atoms with Gasteiger partial charge in [-0.25, -0.2) is 9.97 Å². The number of benzene rings is 1. The van der Waals surface area contributed by atoms with Crippen LogP contribution in [0.3, 0.4) is 0 Å². The van der Waals surface area contributed by atoms with Crippen LogP contribution < -0.4 is 31.1 Å². The number of carboxylic acids is 2. The first-order chi connectivity index (χ1) is 30.6. The van der Waals surface area contributed by atoms with Crippen LogP contribution in [-0.4, -0.2) is 95.3 Å². The zero-order valence-electron chi connectivity index (χ0n) is 37.3. The van der Waals surface area contributed by atoms with E-state index < -0.39 is 11.9 Å². The number of aliphatic carboxylic acids is 2. The van der Waals surface area contributed by atoms with Crippen LogP contribution in [0.5, 0.6) is 0 Å². The molecule has 14 nitrogen and oxygen atoms in total. The lowest BCUT2D eigenvalue weighted by Crippen LogP contribution is -2.38. The molecule has 0 unspecified atom stereocenters. The number of rotatable bonds is 17. The Labute approximate surface area is 373 Å². The average molecular weight is 867 g/mol. The Morgan fingerprint density at radius 1 is 0.587 bits per heavy atom. The van der Waals surface area contributed by atoms with E-state index in [4.69, 9.17) is 15.1 Å². The van der Waals surface area contributed by atoms with Crippen molar-refractivity contribution < 1.29 is 29.4 Å². The number of pyridine rings is 2. The molecule has 2 aliphatic carbocycles. The first kappa shape index (κ1) is 47.1. The summed E-state index contributed by atoms with van der Waals surface area (Å²) in [6.07, 6.45) is 17.3. The molecular formula is C49H70N8O6. The maximum absolute atomic E-state index is 13.2. The monoisotopic (exact) mass is 867 g/mol. The SMILES string of the molecule is CCCNc1nc(N2CCC[C@@H](CC(=O)O)C2)ccc1C(=O)NC1CCCCC1.O=C(O)C[C@@H]1CCCN(c2ccc(C(=O)NC3CCCCC3)c(NCCc3ccccc3)n2)C1. The summed E-state index contributed by atoms with van der Waals surface area (Å²) in [7, 11) is 0. The molecule has 2 aromatic heterocycles. The lowest BCUT2D eigenvalue weighted by molar-refractivity contribution is -0.139. The van der Waals surface area contributed by atoms with Gasteiger partial charge in [-0.1, -0.05) is 75.8 Å². The molecule has 0 spiro atoms. The summed E-state index contributed by atoms with van der Waals surface area (Å²) in [6, 6.07) is 18.3. The van der Waals surface area contributed by atoms with Gasteiger partial charge in [0.05, 0.1) is 11.1 Å². The van der Waals surface area contributed by atoms with Crippen LogP contribution in [0.15, 0.2) is 54.6 Å². The van der Waals surface area contributed by atoms with Crippen LogP contribution in [0.25, 0.3) is 0 Å². The van der Waals surface area contributed by atoms with E-state index in [1.54, 1.807) is 0 Å².